The molecule has 0 bridgehead atoms. The molecule has 1 atom stereocenters. The van der Waals surface area contributed by atoms with Crippen molar-refractivity contribution in [2.75, 3.05) is 17.1 Å². The van der Waals surface area contributed by atoms with Crippen molar-refractivity contribution in [1.29, 1.82) is 0 Å². The quantitative estimate of drug-likeness (QED) is 0.427. The molecule has 7 nitrogen and oxygen atoms in total. The van der Waals surface area contributed by atoms with E-state index in [9.17, 15) is 18.0 Å². The van der Waals surface area contributed by atoms with Crippen LogP contribution in [0.5, 0.6) is 0 Å². The van der Waals surface area contributed by atoms with E-state index in [-0.39, 0.29) is 30.8 Å². The molecule has 2 rings (SSSR count). The van der Waals surface area contributed by atoms with Gasteiger partial charge in [-0.3, -0.25) is 13.9 Å². The van der Waals surface area contributed by atoms with Crippen LogP contribution in [0.3, 0.4) is 0 Å². The molecule has 1 unspecified atom stereocenters. The van der Waals surface area contributed by atoms with Gasteiger partial charge in [-0.2, -0.15) is 0 Å². The molecule has 0 aliphatic carbocycles. The van der Waals surface area contributed by atoms with Crippen molar-refractivity contribution < 1.29 is 18.0 Å². The Balaban J connectivity index is 2.21. The normalized spacial score (nSPS) is 12.3. The minimum Gasteiger partial charge on any atom is -0.352 e. The highest BCUT2D eigenvalue weighted by Gasteiger charge is 2.29. The smallest absolute Gasteiger partial charge is 0.243 e. The van der Waals surface area contributed by atoms with Gasteiger partial charge in [-0.05, 0) is 63.3 Å². The van der Waals surface area contributed by atoms with E-state index in [1.807, 2.05) is 71.0 Å². The number of carbonyl (C=O) groups excluding carboxylic acids is 2. The molecule has 0 saturated heterocycles. The van der Waals surface area contributed by atoms with Gasteiger partial charge in [0.15, 0.2) is 0 Å². The summed E-state index contributed by atoms with van der Waals surface area (Å²) in [5.41, 5.74) is 3.74. The Bertz CT molecular complexity index is 1110. The molecule has 0 aliphatic heterocycles. The fourth-order valence-corrected chi connectivity index (χ4v) is 5.17. The van der Waals surface area contributed by atoms with Gasteiger partial charge in [-0.25, -0.2) is 8.42 Å². The summed E-state index contributed by atoms with van der Waals surface area (Å²) < 4.78 is 26.3. The van der Waals surface area contributed by atoms with Crippen LogP contribution in [-0.4, -0.2) is 50.0 Å². The van der Waals surface area contributed by atoms with Crippen LogP contribution in [0, 0.1) is 6.92 Å². The summed E-state index contributed by atoms with van der Waals surface area (Å²) in [6.07, 6.45) is 3.00. The fourth-order valence-electron chi connectivity index (χ4n) is 4.21. The minimum absolute atomic E-state index is 0.0371. The van der Waals surface area contributed by atoms with Crippen molar-refractivity contribution in [3.63, 3.8) is 0 Å². The highest BCUT2D eigenvalue weighted by molar-refractivity contribution is 7.92. The predicted octanol–water partition coefficient (Wildman–Crippen LogP) is 4.44. The van der Waals surface area contributed by atoms with Crippen LogP contribution in [0.2, 0.25) is 0 Å². The molecule has 0 radical (unpaired) electrons. The minimum atomic E-state index is -3.51. The number of amides is 2. The van der Waals surface area contributed by atoms with Gasteiger partial charge in [0.05, 0.1) is 11.9 Å². The monoisotopic (exact) mass is 515 g/mol. The van der Waals surface area contributed by atoms with Crippen LogP contribution in [0.25, 0.3) is 0 Å². The van der Waals surface area contributed by atoms with Crippen LogP contribution in [0.1, 0.15) is 63.6 Å². The summed E-state index contributed by atoms with van der Waals surface area (Å²) in [6.45, 7) is 10.2. The van der Waals surface area contributed by atoms with Crippen LogP contribution >= 0.6 is 0 Å². The summed E-state index contributed by atoms with van der Waals surface area (Å²) in [5, 5.41) is 2.93. The summed E-state index contributed by atoms with van der Waals surface area (Å²) in [7, 11) is -3.51. The van der Waals surface area contributed by atoms with Gasteiger partial charge < -0.3 is 10.2 Å². The van der Waals surface area contributed by atoms with Crippen molar-refractivity contribution in [2.24, 2.45) is 0 Å². The predicted molar refractivity (Wildman–Crippen MR) is 146 cm³/mol. The van der Waals surface area contributed by atoms with Crippen molar-refractivity contribution in [3.8, 4) is 0 Å². The molecule has 0 aliphatic rings. The van der Waals surface area contributed by atoms with Crippen molar-refractivity contribution in [2.45, 2.75) is 78.9 Å². The lowest BCUT2D eigenvalue weighted by molar-refractivity contribution is -0.141. The molecule has 0 spiro atoms. The SMILES string of the molecule is CCc1ccc(N(CCCC(=O)N(Cc2cccc(C)c2)C(CC)C(=O)NC(C)C)S(C)(=O)=O)cc1. The molecule has 0 fully saturated rings. The highest BCUT2D eigenvalue weighted by atomic mass is 32.2. The maximum atomic E-state index is 13.5. The largest absolute Gasteiger partial charge is 0.352 e. The third kappa shape index (κ3) is 8.66. The second-order valence-electron chi connectivity index (χ2n) is 9.56. The Labute approximate surface area is 216 Å². The number of anilines is 1. The topological polar surface area (TPSA) is 86.8 Å². The number of hydrogen-bond acceptors (Lipinski definition) is 4. The number of aryl methyl sites for hydroxylation is 2. The average molecular weight is 516 g/mol. The number of nitrogens with zero attached hydrogens (tertiary/aromatic N) is 2. The number of carbonyl (C=O) groups is 2. The Morgan fingerprint density at radius 2 is 1.67 bits per heavy atom. The number of nitrogens with one attached hydrogen (secondary N) is 1. The van der Waals surface area contributed by atoms with Crippen molar-refractivity contribution in [1.82, 2.24) is 10.2 Å². The molecular formula is C28H41N3O4S. The van der Waals surface area contributed by atoms with E-state index in [0.717, 1.165) is 23.1 Å². The van der Waals surface area contributed by atoms with E-state index >= 15 is 0 Å². The number of hydrogen-bond donors (Lipinski definition) is 1. The number of rotatable bonds is 13. The summed E-state index contributed by atoms with van der Waals surface area (Å²) >= 11 is 0. The van der Waals surface area contributed by atoms with Crippen molar-refractivity contribution in [3.05, 3.63) is 65.2 Å². The molecule has 198 valence electrons. The molecule has 8 heteroatoms. The second kappa shape index (κ2) is 13.4. The number of benzene rings is 2. The van der Waals surface area contributed by atoms with E-state index in [4.69, 9.17) is 0 Å². The molecule has 0 aromatic heterocycles. The first-order chi connectivity index (χ1) is 17.0. The summed E-state index contributed by atoms with van der Waals surface area (Å²) in [4.78, 5) is 28.0. The lowest BCUT2D eigenvalue weighted by Gasteiger charge is -2.31. The van der Waals surface area contributed by atoms with Crippen molar-refractivity contribution >= 4 is 27.5 Å². The van der Waals surface area contributed by atoms with Gasteiger partial charge in [0.25, 0.3) is 0 Å². The molecule has 0 heterocycles. The average Bonchev–Trinajstić information content (AvgIpc) is 2.80. The molecule has 1 N–H and O–H groups in total. The lowest BCUT2D eigenvalue weighted by atomic mass is 10.1. The highest BCUT2D eigenvalue weighted by Crippen LogP contribution is 2.21. The molecule has 2 aromatic carbocycles. The summed E-state index contributed by atoms with van der Waals surface area (Å²) in [6, 6.07) is 14.7. The summed E-state index contributed by atoms with van der Waals surface area (Å²) in [5.74, 6) is -0.348. The molecule has 0 saturated carbocycles. The first kappa shape index (κ1) is 29.4. The van der Waals surface area contributed by atoms with E-state index in [1.54, 1.807) is 17.0 Å². The maximum absolute atomic E-state index is 13.5. The Morgan fingerprint density at radius 1 is 1.00 bits per heavy atom. The van der Waals surface area contributed by atoms with Gasteiger partial charge in [0.1, 0.15) is 6.04 Å². The van der Waals surface area contributed by atoms with E-state index in [2.05, 4.69) is 5.32 Å². The third-order valence-corrected chi connectivity index (χ3v) is 7.23. The van der Waals surface area contributed by atoms with E-state index in [0.29, 0.717) is 25.1 Å². The zero-order valence-electron chi connectivity index (χ0n) is 22.5. The lowest BCUT2D eigenvalue weighted by Crippen LogP contribution is -2.50. The zero-order chi connectivity index (χ0) is 26.9. The standard InChI is InChI=1S/C28H41N3O4S/c1-7-23-14-16-25(17-15-23)31(36(6,34)35)18-10-13-27(32)30(20-24-12-9-11-22(5)19-24)26(8-2)28(33)29-21(3)4/h9,11-12,14-17,19,21,26H,7-8,10,13,18,20H2,1-6H3,(H,29,33). The van der Waals surface area contributed by atoms with Gasteiger partial charge in [-0.1, -0.05) is 55.8 Å². The van der Waals surface area contributed by atoms with Gasteiger partial charge >= 0.3 is 0 Å². The first-order valence-corrected chi connectivity index (χ1v) is 14.5. The second-order valence-corrected chi connectivity index (χ2v) is 11.5. The van der Waals surface area contributed by atoms with Crippen LogP contribution in [0.4, 0.5) is 5.69 Å². The van der Waals surface area contributed by atoms with Crippen LogP contribution < -0.4 is 9.62 Å². The molecular weight excluding hydrogens is 474 g/mol. The van der Waals surface area contributed by atoms with Gasteiger partial charge in [0.2, 0.25) is 21.8 Å². The van der Waals surface area contributed by atoms with Crippen LogP contribution in [-0.2, 0) is 32.6 Å². The number of sulfonamides is 1. The maximum Gasteiger partial charge on any atom is 0.243 e. The zero-order valence-corrected chi connectivity index (χ0v) is 23.3. The third-order valence-electron chi connectivity index (χ3n) is 6.04. The first-order valence-electron chi connectivity index (χ1n) is 12.7. The Hall–Kier alpha value is -2.87. The molecule has 2 aromatic rings. The van der Waals surface area contributed by atoms with E-state index in [1.165, 1.54) is 10.6 Å². The van der Waals surface area contributed by atoms with E-state index < -0.39 is 16.1 Å². The molecule has 36 heavy (non-hydrogen) atoms. The molecule has 2 amide bonds. The van der Waals surface area contributed by atoms with Gasteiger partial charge in [-0.15, -0.1) is 0 Å². The Kier molecular flexibility index (Phi) is 11.0. The fraction of sp³-hybridized carbons (Fsp3) is 0.500. The van der Waals surface area contributed by atoms with Gasteiger partial charge in [0, 0.05) is 25.6 Å². The Morgan fingerprint density at radius 3 is 2.19 bits per heavy atom. The van der Waals surface area contributed by atoms with Crippen LogP contribution in [0.15, 0.2) is 48.5 Å².